The van der Waals surface area contributed by atoms with Crippen LogP contribution in [0.1, 0.15) is 43.5 Å². The van der Waals surface area contributed by atoms with Gasteiger partial charge in [-0.15, -0.1) is 0 Å². The highest BCUT2D eigenvalue weighted by Crippen LogP contribution is 2.42. The molecule has 0 unspecified atom stereocenters. The third-order valence-electron chi connectivity index (χ3n) is 5.52. The molecule has 2 aliphatic rings. The van der Waals surface area contributed by atoms with Crippen LogP contribution < -0.4 is 5.43 Å². The Hall–Kier alpha value is -2.07. The number of aromatic nitrogens is 1. The first-order valence-electron chi connectivity index (χ1n) is 9.10. The quantitative estimate of drug-likeness (QED) is 0.857. The number of amides is 1. The predicted octanol–water partition coefficient (Wildman–Crippen LogP) is 3.33. The Morgan fingerprint density at radius 2 is 2.21 bits per heavy atom. The van der Waals surface area contributed by atoms with Crippen molar-refractivity contribution in [2.75, 3.05) is 18.5 Å². The molecule has 2 heterocycles. The Kier molecular flexibility index (Phi) is 3.93. The second kappa shape index (κ2) is 6.10. The van der Waals surface area contributed by atoms with E-state index in [0.717, 1.165) is 44.3 Å². The molecule has 0 fully saturated rings. The highest BCUT2D eigenvalue weighted by Gasteiger charge is 2.34. The molecule has 0 saturated carbocycles. The van der Waals surface area contributed by atoms with Gasteiger partial charge in [0.25, 0.3) is 0 Å². The number of nitrogens with zero attached hydrogens (tertiary/aromatic N) is 2. The molecular formula is C20H25N3O. The molecule has 4 rings (SSSR count). The van der Waals surface area contributed by atoms with Gasteiger partial charge in [0.2, 0.25) is 6.41 Å². The van der Waals surface area contributed by atoms with Gasteiger partial charge >= 0.3 is 0 Å². The summed E-state index contributed by atoms with van der Waals surface area (Å²) in [4.78, 5) is 13.8. The normalized spacial score (nSPS) is 19.9. The highest BCUT2D eigenvalue weighted by atomic mass is 16.1. The first kappa shape index (κ1) is 15.5. The maximum absolute atomic E-state index is 11.1. The summed E-state index contributed by atoms with van der Waals surface area (Å²) in [5.74, 6) is 0. The average Bonchev–Trinajstić information content (AvgIpc) is 2.91. The molecule has 24 heavy (non-hydrogen) atoms. The molecule has 1 amide bonds. The monoisotopic (exact) mass is 323 g/mol. The predicted molar refractivity (Wildman–Crippen MR) is 98.7 cm³/mol. The van der Waals surface area contributed by atoms with E-state index < -0.39 is 0 Å². The van der Waals surface area contributed by atoms with E-state index in [0.29, 0.717) is 6.04 Å². The topological polar surface area (TPSA) is 37.3 Å². The summed E-state index contributed by atoms with van der Waals surface area (Å²) in [6, 6.07) is 6.97. The zero-order valence-corrected chi connectivity index (χ0v) is 14.5. The Bertz CT molecular complexity index is 818. The Balaban J connectivity index is 1.95. The van der Waals surface area contributed by atoms with Gasteiger partial charge in [0, 0.05) is 23.7 Å². The van der Waals surface area contributed by atoms with Crippen LogP contribution in [0.5, 0.6) is 0 Å². The van der Waals surface area contributed by atoms with Crippen molar-refractivity contribution in [2.45, 2.75) is 45.6 Å². The lowest BCUT2D eigenvalue weighted by Gasteiger charge is -2.39. The summed E-state index contributed by atoms with van der Waals surface area (Å²) in [6.07, 6.45) is 7.51. The number of carbonyl (C=O) groups is 1. The van der Waals surface area contributed by atoms with Crippen LogP contribution in [0, 0.1) is 0 Å². The third-order valence-corrected chi connectivity index (χ3v) is 5.52. The van der Waals surface area contributed by atoms with Crippen molar-refractivity contribution in [3.8, 4) is 0 Å². The zero-order chi connectivity index (χ0) is 16.7. The van der Waals surface area contributed by atoms with Crippen molar-refractivity contribution < 1.29 is 4.79 Å². The van der Waals surface area contributed by atoms with Gasteiger partial charge in [0.1, 0.15) is 0 Å². The summed E-state index contributed by atoms with van der Waals surface area (Å²) in [7, 11) is 0. The number of benzene rings is 1. The number of hydrogen-bond acceptors (Lipinski definition) is 2. The number of hydrogen-bond donors (Lipinski definition) is 1. The van der Waals surface area contributed by atoms with Crippen molar-refractivity contribution in [3.63, 3.8) is 0 Å². The molecule has 0 saturated heterocycles. The second-order valence-corrected chi connectivity index (χ2v) is 6.76. The van der Waals surface area contributed by atoms with Gasteiger partial charge in [0.15, 0.2) is 0 Å². The van der Waals surface area contributed by atoms with E-state index in [-0.39, 0.29) is 0 Å². The molecule has 2 aromatic rings. The molecule has 1 atom stereocenters. The Morgan fingerprint density at radius 1 is 1.33 bits per heavy atom. The molecule has 0 radical (unpaired) electrons. The first-order chi connectivity index (χ1) is 11.8. The molecule has 4 nitrogen and oxygen atoms in total. The van der Waals surface area contributed by atoms with Gasteiger partial charge in [-0.2, -0.15) is 0 Å². The molecule has 1 aromatic carbocycles. The summed E-state index contributed by atoms with van der Waals surface area (Å²) in [5, 5.41) is 1.34. The fourth-order valence-corrected chi connectivity index (χ4v) is 4.65. The van der Waals surface area contributed by atoms with Crippen LogP contribution in [0.15, 0.2) is 24.3 Å². The maximum Gasteiger partial charge on any atom is 0.226 e. The van der Waals surface area contributed by atoms with E-state index in [2.05, 4.69) is 48.4 Å². The molecule has 0 bridgehead atoms. The SMILES string of the molecule is CCCN1CCC=C2c3cccc4c3c(c(CC)n4NC=O)C[C@H]21. The van der Waals surface area contributed by atoms with Crippen molar-refractivity contribution in [3.05, 3.63) is 41.1 Å². The summed E-state index contributed by atoms with van der Waals surface area (Å²) in [5.41, 5.74) is 9.53. The molecule has 4 heteroatoms. The second-order valence-electron chi connectivity index (χ2n) is 6.76. The van der Waals surface area contributed by atoms with Crippen LogP contribution >= 0.6 is 0 Å². The number of nitrogens with one attached hydrogen (secondary N) is 1. The average molecular weight is 323 g/mol. The van der Waals surface area contributed by atoms with E-state index in [4.69, 9.17) is 0 Å². The van der Waals surface area contributed by atoms with Gasteiger partial charge < -0.3 is 0 Å². The number of carbonyl (C=O) groups excluding carboxylic acids is 1. The van der Waals surface area contributed by atoms with Gasteiger partial charge in [-0.1, -0.05) is 32.1 Å². The lowest BCUT2D eigenvalue weighted by Crippen LogP contribution is -2.42. The van der Waals surface area contributed by atoms with Crippen molar-refractivity contribution in [1.82, 2.24) is 9.58 Å². The molecule has 1 N–H and O–H groups in total. The van der Waals surface area contributed by atoms with Gasteiger partial charge in [0.05, 0.1) is 5.52 Å². The van der Waals surface area contributed by atoms with Crippen molar-refractivity contribution >= 4 is 22.9 Å². The van der Waals surface area contributed by atoms with E-state index in [1.165, 1.54) is 34.2 Å². The van der Waals surface area contributed by atoms with Crippen LogP contribution in [0.25, 0.3) is 16.5 Å². The molecule has 1 aliphatic heterocycles. The fraction of sp³-hybridized carbons (Fsp3) is 0.450. The standard InChI is InChI=1S/C20H25N3O/c1-3-10-22-11-6-8-14-15-7-5-9-18-20(15)16(12-19(14)22)17(4-2)23(18)21-13-24/h5,7-9,13,19H,3-4,6,10-12H2,1-2H3,(H,21,24)/t19-/m1/s1. The minimum absolute atomic E-state index is 0.481. The van der Waals surface area contributed by atoms with Crippen LogP contribution in [0.2, 0.25) is 0 Å². The molecule has 0 spiro atoms. The molecular weight excluding hydrogens is 298 g/mol. The molecule has 1 aromatic heterocycles. The van der Waals surface area contributed by atoms with Crippen LogP contribution in [0.4, 0.5) is 0 Å². The van der Waals surface area contributed by atoms with Gasteiger partial charge in [-0.3, -0.25) is 19.8 Å². The molecule has 126 valence electrons. The largest absolute Gasteiger partial charge is 0.296 e. The fourth-order valence-electron chi connectivity index (χ4n) is 4.65. The van der Waals surface area contributed by atoms with E-state index >= 15 is 0 Å². The van der Waals surface area contributed by atoms with Crippen LogP contribution in [-0.4, -0.2) is 35.1 Å². The minimum Gasteiger partial charge on any atom is -0.296 e. The minimum atomic E-state index is 0.481. The summed E-state index contributed by atoms with van der Waals surface area (Å²) < 4.78 is 1.99. The maximum atomic E-state index is 11.1. The van der Waals surface area contributed by atoms with Gasteiger partial charge in [-0.25, -0.2) is 0 Å². The van der Waals surface area contributed by atoms with E-state index in [9.17, 15) is 4.79 Å². The van der Waals surface area contributed by atoms with E-state index in [1.54, 1.807) is 0 Å². The number of rotatable bonds is 5. The van der Waals surface area contributed by atoms with Crippen molar-refractivity contribution in [2.24, 2.45) is 0 Å². The van der Waals surface area contributed by atoms with Crippen molar-refractivity contribution in [1.29, 1.82) is 0 Å². The summed E-state index contributed by atoms with van der Waals surface area (Å²) in [6.45, 7) is 6.74. The smallest absolute Gasteiger partial charge is 0.226 e. The zero-order valence-electron chi connectivity index (χ0n) is 14.5. The lowest BCUT2D eigenvalue weighted by molar-refractivity contribution is -0.106. The first-order valence-corrected chi connectivity index (χ1v) is 9.10. The summed E-state index contributed by atoms with van der Waals surface area (Å²) >= 11 is 0. The lowest BCUT2D eigenvalue weighted by atomic mass is 9.80. The van der Waals surface area contributed by atoms with E-state index in [1.807, 2.05) is 4.68 Å². The number of fused-ring (bicyclic) bond motifs is 2. The van der Waals surface area contributed by atoms with Gasteiger partial charge in [-0.05, 0) is 55.0 Å². The Labute approximate surface area is 143 Å². The highest BCUT2D eigenvalue weighted by molar-refractivity contribution is 6.00. The Morgan fingerprint density at radius 3 is 2.96 bits per heavy atom. The van der Waals surface area contributed by atoms with Crippen LogP contribution in [-0.2, 0) is 17.6 Å². The third kappa shape index (κ3) is 2.13. The molecule has 1 aliphatic carbocycles. The van der Waals surface area contributed by atoms with Crippen LogP contribution in [0.3, 0.4) is 0 Å².